The van der Waals surface area contributed by atoms with Gasteiger partial charge in [-0.1, -0.05) is 11.6 Å². The zero-order valence-corrected chi connectivity index (χ0v) is 13.8. The third-order valence-electron chi connectivity index (χ3n) is 4.62. The maximum Gasteiger partial charge on any atom is 0.312 e. The molecule has 22 heavy (non-hydrogen) atoms. The number of aromatic nitrogens is 2. The van der Waals surface area contributed by atoms with E-state index in [1.165, 1.54) is 8.99 Å². The summed E-state index contributed by atoms with van der Waals surface area (Å²) < 4.78 is 28.2. The predicted molar refractivity (Wildman–Crippen MR) is 78.1 cm³/mol. The number of carboxylic acid groups (broad SMARTS) is 1. The van der Waals surface area contributed by atoms with Gasteiger partial charge in [0.1, 0.15) is 10.0 Å². The van der Waals surface area contributed by atoms with Gasteiger partial charge in [-0.15, -0.1) is 0 Å². The van der Waals surface area contributed by atoms with Gasteiger partial charge in [-0.05, 0) is 6.92 Å². The third kappa shape index (κ3) is 1.99. The minimum absolute atomic E-state index is 0.0369. The van der Waals surface area contributed by atoms with Crippen LogP contribution in [0.3, 0.4) is 0 Å². The SMILES string of the molecule is Cc1nn(C)c(Cl)c1S(=O)(=O)N1C[C@@H]2CNC[C@]2(C(=O)O)C1. The summed E-state index contributed by atoms with van der Waals surface area (Å²) in [7, 11) is -2.30. The van der Waals surface area contributed by atoms with Crippen LogP contribution in [0.5, 0.6) is 0 Å². The molecule has 2 N–H and O–H groups in total. The van der Waals surface area contributed by atoms with Gasteiger partial charge in [0.2, 0.25) is 10.0 Å². The zero-order valence-electron chi connectivity index (χ0n) is 12.2. The number of nitrogens with zero attached hydrogens (tertiary/aromatic N) is 3. The van der Waals surface area contributed by atoms with Crippen molar-refractivity contribution in [2.24, 2.45) is 18.4 Å². The van der Waals surface area contributed by atoms with Crippen molar-refractivity contribution >= 4 is 27.6 Å². The fourth-order valence-electron chi connectivity index (χ4n) is 3.39. The van der Waals surface area contributed by atoms with Crippen LogP contribution >= 0.6 is 11.6 Å². The number of fused-ring (bicyclic) bond motifs is 1. The Morgan fingerprint density at radius 1 is 1.55 bits per heavy atom. The molecule has 0 saturated carbocycles. The number of hydrogen-bond donors (Lipinski definition) is 2. The van der Waals surface area contributed by atoms with Crippen molar-refractivity contribution in [3.8, 4) is 0 Å². The summed E-state index contributed by atoms with van der Waals surface area (Å²) in [5.41, 5.74) is -0.748. The molecule has 1 aromatic rings. The van der Waals surface area contributed by atoms with Crippen molar-refractivity contribution in [3.05, 3.63) is 10.8 Å². The van der Waals surface area contributed by atoms with Gasteiger partial charge in [-0.3, -0.25) is 9.48 Å². The Kier molecular flexibility index (Phi) is 3.52. The van der Waals surface area contributed by atoms with E-state index in [-0.39, 0.29) is 35.6 Å². The van der Waals surface area contributed by atoms with Gasteiger partial charge in [0.15, 0.2) is 0 Å². The van der Waals surface area contributed by atoms with Crippen LogP contribution < -0.4 is 5.32 Å². The topological polar surface area (TPSA) is 105 Å². The molecule has 3 heterocycles. The maximum absolute atomic E-state index is 12.9. The number of carboxylic acids is 1. The van der Waals surface area contributed by atoms with Crippen LogP contribution in [0, 0.1) is 18.3 Å². The Morgan fingerprint density at radius 2 is 2.23 bits per heavy atom. The molecule has 0 unspecified atom stereocenters. The molecular weight excluding hydrogens is 332 g/mol. The lowest BCUT2D eigenvalue weighted by atomic mass is 9.81. The monoisotopic (exact) mass is 348 g/mol. The summed E-state index contributed by atoms with van der Waals surface area (Å²) >= 11 is 6.06. The summed E-state index contributed by atoms with van der Waals surface area (Å²) in [6, 6.07) is 0. The summed E-state index contributed by atoms with van der Waals surface area (Å²) in [4.78, 5) is 11.6. The van der Waals surface area contributed by atoms with Crippen LogP contribution in [0.15, 0.2) is 4.90 Å². The Morgan fingerprint density at radius 3 is 2.73 bits per heavy atom. The highest BCUT2D eigenvalue weighted by Gasteiger charge is 2.58. The average molecular weight is 349 g/mol. The standard InChI is InChI=1S/C12H17ClN4O4S/c1-7-9(10(13)16(2)15-7)22(20,21)17-4-8-3-14-5-12(8,6-17)11(18)19/h8,14H,3-6H2,1-2H3,(H,18,19)/t8-,12-/m0/s1. The largest absolute Gasteiger partial charge is 0.481 e. The molecule has 2 aliphatic heterocycles. The second-order valence-electron chi connectivity index (χ2n) is 5.92. The molecule has 2 fully saturated rings. The first-order chi connectivity index (χ1) is 10.2. The quantitative estimate of drug-likeness (QED) is 0.775. The molecule has 0 radical (unpaired) electrons. The Hall–Kier alpha value is -1.16. The van der Waals surface area contributed by atoms with E-state index in [0.717, 1.165) is 0 Å². The number of aryl methyl sites for hydroxylation is 2. The van der Waals surface area contributed by atoms with E-state index in [1.807, 2.05) is 0 Å². The first-order valence-electron chi connectivity index (χ1n) is 6.83. The molecule has 0 aromatic carbocycles. The van der Waals surface area contributed by atoms with E-state index in [4.69, 9.17) is 11.6 Å². The first kappa shape index (κ1) is 15.7. The molecule has 1 aromatic heterocycles. The average Bonchev–Trinajstić information content (AvgIpc) is 3.01. The van der Waals surface area contributed by atoms with E-state index < -0.39 is 21.4 Å². The number of hydrogen-bond acceptors (Lipinski definition) is 5. The van der Waals surface area contributed by atoms with Gasteiger partial charge < -0.3 is 10.4 Å². The fourth-order valence-corrected chi connectivity index (χ4v) is 5.65. The van der Waals surface area contributed by atoms with E-state index in [1.54, 1.807) is 14.0 Å². The van der Waals surface area contributed by atoms with Crippen molar-refractivity contribution in [1.29, 1.82) is 0 Å². The number of halogens is 1. The highest BCUT2D eigenvalue weighted by atomic mass is 35.5. The van der Waals surface area contributed by atoms with Gasteiger partial charge in [-0.2, -0.15) is 9.40 Å². The van der Waals surface area contributed by atoms with Gasteiger partial charge in [0, 0.05) is 39.1 Å². The summed E-state index contributed by atoms with van der Waals surface area (Å²) in [5, 5.41) is 16.6. The van der Waals surface area contributed by atoms with E-state index in [0.29, 0.717) is 12.2 Å². The minimum atomic E-state index is -3.87. The normalized spacial score (nSPS) is 29.0. The molecule has 8 nitrogen and oxygen atoms in total. The smallest absolute Gasteiger partial charge is 0.312 e. The van der Waals surface area contributed by atoms with E-state index in [9.17, 15) is 18.3 Å². The molecule has 0 spiro atoms. The van der Waals surface area contributed by atoms with Crippen LogP contribution in [-0.4, -0.2) is 59.8 Å². The predicted octanol–water partition coefficient (Wildman–Crippen LogP) is -0.323. The molecule has 122 valence electrons. The summed E-state index contributed by atoms with van der Waals surface area (Å²) in [6.07, 6.45) is 0. The van der Waals surface area contributed by atoms with Gasteiger partial charge >= 0.3 is 5.97 Å². The lowest BCUT2D eigenvalue weighted by molar-refractivity contribution is -0.148. The molecule has 0 aliphatic carbocycles. The summed E-state index contributed by atoms with van der Waals surface area (Å²) in [5.74, 6) is -1.20. The number of rotatable bonds is 3. The maximum atomic E-state index is 12.9. The van der Waals surface area contributed by atoms with Crippen LogP contribution in [-0.2, 0) is 21.9 Å². The van der Waals surface area contributed by atoms with Crippen molar-refractivity contribution in [2.45, 2.75) is 11.8 Å². The molecule has 0 amide bonds. The van der Waals surface area contributed by atoms with Gasteiger partial charge in [0.25, 0.3) is 0 Å². The highest BCUT2D eigenvalue weighted by Crippen LogP contribution is 2.42. The highest BCUT2D eigenvalue weighted by molar-refractivity contribution is 7.89. The third-order valence-corrected chi connectivity index (χ3v) is 7.13. The lowest BCUT2D eigenvalue weighted by Gasteiger charge is -2.22. The number of aliphatic carboxylic acids is 1. The number of nitrogens with one attached hydrogen (secondary N) is 1. The van der Waals surface area contributed by atoms with Crippen molar-refractivity contribution in [3.63, 3.8) is 0 Å². The van der Waals surface area contributed by atoms with E-state index >= 15 is 0 Å². The van der Waals surface area contributed by atoms with Crippen LogP contribution in [0.1, 0.15) is 5.69 Å². The number of carbonyl (C=O) groups is 1. The molecule has 2 saturated heterocycles. The minimum Gasteiger partial charge on any atom is -0.481 e. The Balaban J connectivity index is 2.00. The second kappa shape index (κ2) is 4.92. The lowest BCUT2D eigenvalue weighted by Crippen LogP contribution is -2.41. The number of sulfonamides is 1. The zero-order chi connectivity index (χ0) is 16.3. The molecule has 0 bridgehead atoms. The molecule has 3 rings (SSSR count). The van der Waals surface area contributed by atoms with Crippen molar-refractivity contribution in [1.82, 2.24) is 19.4 Å². The molecule has 2 aliphatic rings. The molecular formula is C12H17ClN4O4S. The van der Waals surface area contributed by atoms with Crippen LogP contribution in [0.4, 0.5) is 0 Å². The molecule has 2 atom stereocenters. The van der Waals surface area contributed by atoms with Crippen LogP contribution in [0.2, 0.25) is 5.15 Å². The fraction of sp³-hybridized carbons (Fsp3) is 0.667. The van der Waals surface area contributed by atoms with Gasteiger partial charge in [-0.25, -0.2) is 8.42 Å². The first-order valence-corrected chi connectivity index (χ1v) is 8.65. The van der Waals surface area contributed by atoms with Crippen molar-refractivity contribution in [2.75, 3.05) is 26.2 Å². The Labute approximate surface area is 133 Å². The van der Waals surface area contributed by atoms with E-state index in [2.05, 4.69) is 10.4 Å². The summed E-state index contributed by atoms with van der Waals surface area (Å²) in [6.45, 7) is 2.47. The Bertz CT molecular complexity index is 747. The van der Waals surface area contributed by atoms with Crippen molar-refractivity contribution < 1.29 is 18.3 Å². The second-order valence-corrected chi connectivity index (χ2v) is 8.15. The van der Waals surface area contributed by atoms with Gasteiger partial charge in [0.05, 0.1) is 11.1 Å². The molecule has 10 heteroatoms. The van der Waals surface area contributed by atoms with Crippen LogP contribution in [0.25, 0.3) is 0 Å².